The van der Waals surface area contributed by atoms with Crippen molar-refractivity contribution in [3.63, 3.8) is 0 Å². The zero-order valence-corrected chi connectivity index (χ0v) is 16.1. The van der Waals surface area contributed by atoms with Crippen molar-refractivity contribution in [2.45, 2.75) is 19.1 Å². The van der Waals surface area contributed by atoms with Gasteiger partial charge in [-0.05, 0) is 42.8 Å². The Hall–Kier alpha value is -3.52. The van der Waals surface area contributed by atoms with Crippen LogP contribution < -0.4 is 10.1 Å². The quantitative estimate of drug-likeness (QED) is 0.548. The number of rotatable bonds is 9. The number of carbonyl (C=O) groups is 2. The van der Waals surface area contributed by atoms with Gasteiger partial charge in [-0.15, -0.1) is 0 Å². The van der Waals surface area contributed by atoms with Crippen molar-refractivity contribution in [2.75, 3.05) is 19.0 Å². The standard InChI is InChI=1S/C21H23NO7/c1-3-28-18(11-12-19(24)25)20(14-9-10-17(27-2)16(23)13-14)29-21(26)22-15-7-5-4-6-8-15/h4-13,18,20,23H,3H2,1-2H3,(H,22,26)(H,24,25)/b12-11+/t18-,20-/m0/s1. The first-order valence-corrected chi connectivity index (χ1v) is 8.87. The molecule has 3 N–H and O–H groups in total. The lowest BCUT2D eigenvalue weighted by atomic mass is 10.0. The average Bonchev–Trinajstić information content (AvgIpc) is 2.70. The van der Waals surface area contributed by atoms with Crippen LogP contribution in [0.15, 0.2) is 60.7 Å². The van der Waals surface area contributed by atoms with Crippen LogP contribution in [0.25, 0.3) is 0 Å². The molecule has 29 heavy (non-hydrogen) atoms. The van der Waals surface area contributed by atoms with Crippen LogP contribution >= 0.6 is 0 Å². The normalized spacial score (nSPS) is 12.9. The Balaban J connectivity index is 2.33. The van der Waals surface area contributed by atoms with E-state index in [0.717, 1.165) is 6.08 Å². The Bertz CT molecular complexity index is 851. The lowest BCUT2D eigenvalue weighted by molar-refractivity contribution is -0.131. The monoisotopic (exact) mass is 401 g/mol. The predicted molar refractivity (Wildman–Crippen MR) is 106 cm³/mol. The highest BCUT2D eigenvalue weighted by molar-refractivity contribution is 5.84. The van der Waals surface area contributed by atoms with Crippen LogP contribution in [0.2, 0.25) is 0 Å². The van der Waals surface area contributed by atoms with Crippen LogP contribution in [0.3, 0.4) is 0 Å². The van der Waals surface area contributed by atoms with Gasteiger partial charge < -0.3 is 24.4 Å². The molecule has 0 heterocycles. The van der Waals surface area contributed by atoms with Crippen molar-refractivity contribution in [3.8, 4) is 11.5 Å². The van der Waals surface area contributed by atoms with Crippen molar-refractivity contribution >= 4 is 17.7 Å². The summed E-state index contributed by atoms with van der Waals surface area (Å²) in [5, 5.41) is 21.7. The number of aromatic hydroxyl groups is 1. The number of ether oxygens (including phenoxy) is 3. The van der Waals surface area contributed by atoms with Gasteiger partial charge in [-0.2, -0.15) is 0 Å². The summed E-state index contributed by atoms with van der Waals surface area (Å²) in [5.74, 6) is -1.07. The second kappa shape index (κ2) is 10.7. The molecule has 0 saturated carbocycles. The summed E-state index contributed by atoms with van der Waals surface area (Å²) < 4.78 is 16.2. The van der Waals surface area contributed by atoms with E-state index < -0.39 is 24.3 Å². The van der Waals surface area contributed by atoms with E-state index in [9.17, 15) is 14.7 Å². The maximum Gasteiger partial charge on any atom is 0.412 e. The largest absolute Gasteiger partial charge is 0.504 e. The maximum absolute atomic E-state index is 12.4. The van der Waals surface area contributed by atoms with Crippen molar-refractivity contribution < 1.29 is 34.0 Å². The van der Waals surface area contributed by atoms with Crippen LogP contribution in [-0.4, -0.2) is 42.1 Å². The zero-order valence-electron chi connectivity index (χ0n) is 16.1. The number of anilines is 1. The molecule has 0 aliphatic carbocycles. The molecule has 0 bridgehead atoms. The minimum atomic E-state index is -1.17. The number of phenolic OH excluding ortho intramolecular Hbond substituents is 1. The summed E-state index contributed by atoms with van der Waals surface area (Å²) in [7, 11) is 1.41. The number of para-hydroxylation sites is 1. The molecular weight excluding hydrogens is 378 g/mol. The highest BCUT2D eigenvalue weighted by atomic mass is 16.6. The number of phenols is 1. The molecule has 1 amide bonds. The van der Waals surface area contributed by atoms with Crippen LogP contribution in [-0.2, 0) is 14.3 Å². The molecule has 0 aliphatic heterocycles. The molecule has 0 radical (unpaired) electrons. The first kappa shape index (κ1) is 21.8. The van der Waals surface area contributed by atoms with E-state index in [-0.39, 0.29) is 18.1 Å². The molecular formula is C21H23NO7. The first-order valence-electron chi connectivity index (χ1n) is 8.87. The first-order chi connectivity index (χ1) is 13.9. The number of hydrogen-bond donors (Lipinski definition) is 3. The highest BCUT2D eigenvalue weighted by Gasteiger charge is 2.27. The Morgan fingerprint density at radius 2 is 1.90 bits per heavy atom. The number of carbonyl (C=O) groups excluding carboxylic acids is 1. The van der Waals surface area contributed by atoms with Crippen molar-refractivity contribution in [1.29, 1.82) is 0 Å². The van der Waals surface area contributed by atoms with Gasteiger partial charge in [0.15, 0.2) is 17.6 Å². The van der Waals surface area contributed by atoms with E-state index in [4.69, 9.17) is 19.3 Å². The summed E-state index contributed by atoms with van der Waals surface area (Å²) in [4.78, 5) is 23.4. The molecule has 0 spiro atoms. The van der Waals surface area contributed by atoms with E-state index in [0.29, 0.717) is 11.3 Å². The number of nitrogens with one attached hydrogen (secondary N) is 1. The number of aliphatic carboxylic acids is 1. The lowest BCUT2D eigenvalue weighted by Gasteiger charge is -2.25. The second-order valence-electron chi connectivity index (χ2n) is 5.87. The lowest BCUT2D eigenvalue weighted by Crippen LogP contribution is -2.27. The van der Waals surface area contributed by atoms with E-state index in [1.165, 1.54) is 25.3 Å². The fraction of sp³-hybridized carbons (Fsp3) is 0.238. The summed E-state index contributed by atoms with van der Waals surface area (Å²) in [6, 6.07) is 13.2. The van der Waals surface area contributed by atoms with Gasteiger partial charge in [-0.1, -0.05) is 24.3 Å². The number of methoxy groups -OCH3 is 1. The molecule has 0 unspecified atom stereocenters. The molecule has 8 heteroatoms. The Labute approximate surface area is 168 Å². The third-order valence-electron chi connectivity index (χ3n) is 3.87. The van der Waals surface area contributed by atoms with E-state index in [1.807, 2.05) is 0 Å². The second-order valence-corrected chi connectivity index (χ2v) is 5.87. The van der Waals surface area contributed by atoms with Crippen molar-refractivity contribution in [3.05, 3.63) is 66.2 Å². The van der Waals surface area contributed by atoms with Crippen LogP contribution in [0.5, 0.6) is 11.5 Å². The van der Waals surface area contributed by atoms with E-state index in [1.54, 1.807) is 43.3 Å². The molecule has 2 rings (SSSR count). The minimum Gasteiger partial charge on any atom is -0.504 e. The van der Waals surface area contributed by atoms with Gasteiger partial charge in [0.1, 0.15) is 6.10 Å². The SMILES string of the molecule is CCO[C@@H](/C=C/C(=O)O)[C@@H](OC(=O)Nc1ccccc1)c1ccc(OC)c(O)c1. The third kappa shape index (κ3) is 6.54. The molecule has 0 aromatic heterocycles. The number of amides is 1. The maximum atomic E-state index is 12.4. The Kier molecular flexibility index (Phi) is 8.05. The molecule has 8 nitrogen and oxygen atoms in total. The highest BCUT2D eigenvalue weighted by Crippen LogP contribution is 2.33. The minimum absolute atomic E-state index is 0.153. The molecule has 0 aliphatic rings. The number of carboxylic acid groups (broad SMARTS) is 1. The van der Waals surface area contributed by atoms with Crippen LogP contribution in [0, 0.1) is 0 Å². The van der Waals surface area contributed by atoms with Gasteiger partial charge in [-0.3, -0.25) is 5.32 Å². The molecule has 0 saturated heterocycles. The molecule has 2 aromatic rings. The van der Waals surface area contributed by atoms with Crippen LogP contribution in [0.4, 0.5) is 10.5 Å². The Morgan fingerprint density at radius 3 is 2.48 bits per heavy atom. The topological polar surface area (TPSA) is 114 Å². The average molecular weight is 401 g/mol. The Morgan fingerprint density at radius 1 is 1.17 bits per heavy atom. The molecule has 0 fully saturated rings. The fourth-order valence-corrected chi connectivity index (χ4v) is 2.61. The van der Waals surface area contributed by atoms with Crippen molar-refractivity contribution in [2.24, 2.45) is 0 Å². The smallest absolute Gasteiger partial charge is 0.412 e. The van der Waals surface area contributed by atoms with Gasteiger partial charge in [0.05, 0.1) is 7.11 Å². The number of benzene rings is 2. The number of hydrogen-bond acceptors (Lipinski definition) is 6. The van der Waals surface area contributed by atoms with Gasteiger partial charge in [-0.25, -0.2) is 9.59 Å². The third-order valence-corrected chi connectivity index (χ3v) is 3.87. The summed E-state index contributed by atoms with van der Waals surface area (Å²) in [6.07, 6.45) is -0.482. The van der Waals surface area contributed by atoms with Crippen molar-refractivity contribution in [1.82, 2.24) is 0 Å². The van der Waals surface area contributed by atoms with Gasteiger partial charge in [0, 0.05) is 18.4 Å². The molecule has 2 aromatic carbocycles. The van der Waals surface area contributed by atoms with Gasteiger partial charge in [0.25, 0.3) is 0 Å². The van der Waals surface area contributed by atoms with Gasteiger partial charge >= 0.3 is 12.1 Å². The summed E-state index contributed by atoms with van der Waals surface area (Å²) in [5.41, 5.74) is 0.933. The molecule has 154 valence electrons. The predicted octanol–water partition coefficient (Wildman–Crippen LogP) is 3.74. The van der Waals surface area contributed by atoms with E-state index >= 15 is 0 Å². The fourth-order valence-electron chi connectivity index (χ4n) is 2.61. The summed E-state index contributed by atoms with van der Waals surface area (Å²) >= 11 is 0. The summed E-state index contributed by atoms with van der Waals surface area (Å²) in [6.45, 7) is 1.98. The zero-order chi connectivity index (χ0) is 21.2. The molecule has 2 atom stereocenters. The van der Waals surface area contributed by atoms with E-state index in [2.05, 4.69) is 5.32 Å². The van der Waals surface area contributed by atoms with Crippen LogP contribution in [0.1, 0.15) is 18.6 Å². The van der Waals surface area contributed by atoms with Gasteiger partial charge in [0.2, 0.25) is 0 Å². The number of carboxylic acids is 1.